The predicted molar refractivity (Wildman–Crippen MR) is 50.9 cm³/mol. The maximum absolute atomic E-state index is 5.23. The Balaban J connectivity index is 2.99. The van der Waals surface area contributed by atoms with Gasteiger partial charge in [0.25, 0.3) is 0 Å². The molecule has 0 radical (unpaired) electrons. The molecule has 0 aromatic heterocycles. The van der Waals surface area contributed by atoms with Gasteiger partial charge in [0.05, 0.1) is 0 Å². The number of nitrogens with two attached hydrogens (primary N) is 1. The smallest absolute Gasteiger partial charge is 0.0496 e. The molecule has 0 atom stereocenters. The largest absolute Gasteiger partial charge is 0.324 e. The van der Waals surface area contributed by atoms with Gasteiger partial charge in [0.15, 0.2) is 0 Å². The standard InChI is InChI=1S/C8H12N2S/c1-2-6-3-4-7(10-9)5-8(6)11/h3-5,10-11H,2,9H2,1H3. The number of rotatable bonds is 2. The third kappa shape index (κ3) is 1.88. The van der Waals surface area contributed by atoms with Crippen molar-refractivity contribution < 1.29 is 0 Å². The lowest BCUT2D eigenvalue weighted by molar-refractivity contribution is 1.08. The number of hydrogen-bond acceptors (Lipinski definition) is 3. The molecule has 0 unspecified atom stereocenters. The summed E-state index contributed by atoms with van der Waals surface area (Å²) in [5.41, 5.74) is 4.71. The fourth-order valence-corrected chi connectivity index (χ4v) is 1.32. The van der Waals surface area contributed by atoms with Gasteiger partial charge in [-0.15, -0.1) is 12.6 Å². The second kappa shape index (κ2) is 3.64. The first-order chi connectivity index (χ1) is 5.27. The van der Waals surface area contributed by atoms with E-state index in [2.05, 4.69) is 25.0 Å². The summed E-state index contributed by atoms with van der Waals surface area (Å²) < 4.78 is 0. The molecule has 0 aliphatic rings. The van der Waals surface area contributed by atoms with Crippen molar-refractivity contribution in [2.24, 2.45) is 5.84 Å². The highest BCUT2D eigenvalue weighted by Crippen LogP contribution is 2.18. The maximum Gasteiger partial charge on any atom is 0.0496 e. The van der Waals surface area contributed by atoms with Gasteiger partial charge in [0, 0.05) is 10.6 Å². The highest BCUT2D eigenvalue weighted by Gasteiger charge is 1.96. The lowest BCUT2D eigenvalue weighted by Gasteiger charge is -2.04. The van der Waals surface area contributed by atoms with Crippen LogP contribution >= 0.6 is 12.6 Å². The van der Waals surface area contributed by atoms with Gasteiger partial charge in [-0.1, -0.05) is 13.0 Å². The third-order valence-corrected chi connectivity index (χ3v) is 2.05. The molecule has 1 aromatic rings. The summed E-state index contributed by atoms with van der Waals surface area (Å²) in [5, 5.41) is 0. The number of hydrazine groups is 1. The van der Waals surface area contributed by atoms with Crippen molar-refractivity contribution in [3.05, 3.63) is 23.8 Å². The van der Waals surface area contributed by atoms with Gasteiger partial charge >= 0.3 is 0 Å². The van der Waals surface area contributed by atoms with Crippen LogP contribution in [0.5, 0.6) is 0 Å². The van der Waals surface area contributed by atoms with Gasteiger partial charge in [-0.05, 0) is 24.1 Å². The van der Waals surface area contributed by atoms with E-state index in [1.165, 1.54) is 5.56 Å². The van der Waals surface area contributed by atoms with Crippen molar-refractivity contribution in [1.82, 2.24) is 0 Å². The van der Waals surface area contributed by atoms with Crippen molar-refractivity contribution in [2.45, 2.75) is 18.2 Å². The topological polar surface area (TPSA) is 38.0 Å². The number of anilines is 1. The first-order valence-electron chi connectivity index (χ1n) is 3.56. The number of thiol groups is 1. The monoisotopic (exact) mass is 168 g/mol. The van der Waals surface area contributed by atoms with Gasteiger partial charge in [-0.2, -0.15) is 0 Å². The number of nitrogen functional groups attached to an aromatic ring is 1. The zero-order valence-electron chi connectivity index (χ0n) is 6.46. The quantitative estimate of drug-likeness (QED) is 0.358. The summed E-state index contributed by atoms with van der Waals surface area (Å²) in [4.78, 5) is 0.989. The fourth-order valence-electron chi connectivity index (χ4n) is 0.953. The Bertz CT molecular complexity index is 248. The second-order valence-corrected chi connectivity index (χ2v) is 2.82. The maximum atomic E-state index is 5.23. The molecule has 0 saturated carbocycles. The van der Waals surface area contributed by atoms with Crippen LogP contribution in [-0.4, -0.2) is 0 Å². The molecular formula is C8H12N2S. The highest BCUT2D eigenvalue weighted by atomic mass is 32.1. The molecule has 0 amide bonds. The van der Waals surface area contributed by atoms with E-state index >= 15 is 0 Å². The average Bonchev–Trinajstić information content (AvgIpc) is 2.04. The Morgan fingerprint density at radius 2 is 2.27 bits per heavy atom. The molecular weight excluding hydrogens is 156 g/mol. The Morgan fingerprint density at radius 3 is 2.73 bits per heavy atom. The molecule has 0 heterocycles. The Hall–Kier alpha value is -0.670. The number of hydrogen-bond donors (Lipinski definition) is 3. The Kier molecular flexibility index (Phi) is 2.79. The van der Waals surface area contributed by atoms with Crippen molar-refractivity contribution in [3.8, 4) is 0 Å². The summed E-state index contributed by atoms with van der Waals surface area (Å²) in [6.45, 7) is 2.10. The van der Waals surface area contributed by atoms with E-state index in [4.69, 9.17) is 5.84 Å². The van der Waals surface area contributed by atoms with Crippen LogP contribution in [0.1, 0.15) is 12.5 Å². The summed E-state index contributed by atoms with van der Waals surface area (Å²) >= 11 is 4.31. The molecule has 0 aliphatic heterocycles. The van der Waals surface area contributed by atoms with E-state index in [0.717, 1.165) is 17.0 Å². The highest BCUT2D eigenvalue weighted by molar-refractivity contribution is 7.80. The van der Waals surface area contributed by atoms with Gasteiger partial charge in [0.2, 0.25) is 0 Å². The molecule has 11 heavy (non-hydrogen) atoms. The molecule has 0 spiro atoms. The van der Waals surface area contributed by atoms with Crippen molar-refractivity contribution in [1.29, 1.82) is 0 Å². The summed E-state index contributed by atoms with van der Waals surface area (Å²) in [6.07, 6.45) is 1.00. The molecule has 0 aliphatic carbocycles. The van der Waals surface area contributed by atoms with Crippen LogP contribution < -0.4 is 11.3 Å². The minimum Gasteiger partial charge on any atom is -0.324 e. The summed E-state index contributed by atoms with van der Waals surface area (Å²) in [6, 6.07) is 5.89. The van der Waals surface area contributed by atoms with Crippen molar-refractivity contribution in [3.63, 3.8) is 0 Å². The van der Waals surface area contributed by atoms with Crippen LogP contribution in [0.15, 0.2) is 23.1 Å². The van der Waals surface area contributed by atoms with Crippen molar-refractivity contribution >= 4 is 18.3 Å². The lowest BCUT2D eigenvalue weighted by Crippen LogP contribution is -2.06. The molecule has 0 saturated heterocycles. The van der Waals surface area contributed by atoms with Crippen molar-refractivity contribution in [2.75, 3.05) is 5.43 Å². The van der Waals surface area contributed by atoms with Crippen LogP contribution in [-0.2, 0) is 6.42 Å². The van der Waals surface area contributed by atoms with Crippen LogP contribution in [0, 0.1) is 0 Å². The van der Waals surface area contributed by atoms with Gasteiger partial charge in [-0.25, -0.2) is 0 Å². The van der Waals surface area contributed by atoms with Gasteiger partial charge in [0.1, 0.15) is 0 Å². The van der Waals surface area contributed by atoms with Gasteiger partial charge in [-0.3, -0.25) is 5.84 Å². The Labute approximate surface area is 72.2 Å². The molecule has 0 fully saturated rings. The zero-order valence-corrected chi connectivity index (χ0v) is 7.36. The molecule has 3 N–H and O–H groups in total. The lowest BCUT2D eigenvalue weighted by atomic mass is 10.1. The summed E-state index contributed by atoms with van der Waals surface area (Å²) in [5.74, 6) is 5.23. The molecule has 1 aromatic carbocycles. The van der Waals surface area contributed by atoms with Crippen LogP contribution in [0.2, 0.25) is 0 Å². The van der Waals surface area contributed by atoms with E-state index in [9.17, 15) is 0 Å². The molecule has 1 rings (SSSR count). The number of nitrogens with one attached hydrogen (secondary N) is 1. The third-order valence-electron chi connectivity index (χ3n) is 1.63. The van der Waals surface area contributed by atoms with E-state index in [0.29, 0.717) is 0 Å². The van der Waals surface area contributed by atoms with E-state index in [1.807, 2.05) is 18.2 Å². The van der Waals surface area contributed by atoms with Gasteiger partial charge < -0.3 is 5.43 Å². The summed E-state index contributed by atoms with van der Waals surface area (Å²) in [7, 11) is 0. The fraction of sp³-hybridized carbons (Fsp3) is 0.250. The van der Waals surface area contributed by atoms with Crippen LogP contribution in [0.3, 0.4) is 0 Å². The molecule has 3 heteroatoms. The molecule has 0 bridgehead atoms. The van der Waals surface area contributed by atoms with Crippen LogP contribution in [0.4, 0.5) is 5.69 Å². The normalized spacial score (nSPS) is 9.73. The minimum absolute atomic E-state index is 0.896. The van der Waals surface area contributed by atoms with E-state index in [1.54, 1.807) is 0 Å². The SMILES string of the molecule is CCc1ccc(NN)cc1S. The number of benzene rings is 1. The average molecular weight is 168 g/mol. The first-order valence-corrected chi connectivity index (χ1v) is 4.01. The molecule has 2 nitrogen and oxygen atoms in total. The second-order valence-electron chi connectivity index (χ2n) is 2.34. The first kappa shape index (κ1) is 8.43. The number of aryl methyl sites for hydroxylation is 1. The molecule has 60 valence electrons. The van der Waals surface area contributed by atoms with E-state index < -0.39 is 0 Å². The Morgan fingerprint density at radius 1 is 1.55 bits per heavy atom. The zero-order chi connectivity index (χ0) is 8.27. The minimum atomic E-state index is 0.896. The van der Waals surface area contributed by atoms with Crippen LogP contribution in [0.25, 0.3) is 0 Å². The van der Waals surface area contributed by atoms with E-state index in [-0.39, 0.29) is 0 Å². The predicted octanol–water partition coefficient (Wildman–Crippen LogP) is 1.82.